The summed E-state index contributed by atoms with van der Waals surface area (Å²) in [4.78, 5) is 25.7. The predicted octanol–water partition coefficient (Wildman–Crippen LogP) is 23.0. The number of hydrogen-bond acceptors (Lipinski definition) is 5. The molecular weight excluding hydrogens is 909 g/mol. The topological polar surface area (TPSA) is 61.8 Å². The molecule has 0 saturated carbocycles. The smallest absolute Gasteiger partial charge is 0.306 e. The van der Waals surface area contributed by atoms with Crippen LogP contribution < -0.4 is 0 Å². The Morgan fingerprint density at radius 1 is 0.311 bits per heavy atom. The van der Waals surface area contributed by atoms with Crippen LogP contribution in [0.4, 0.5) is 0 Å². The number of allylic oxidation sites excluding steroid dienone is 8. The van der Waals surface area contributed by atoms with Gasteiger partial charge in [-0.05, 0) is 57.8 Å². The summed E-state index contributed by atoms with van der Waals surface area (Å²) in [6.07, 6.45) is 83.0. The second-order valence-electron chi connectivity index (χ2n) is 22.4. The molecule has 0 N–H and O–H groups in total. The molecule has 0 amide bonds. The molecule has 5 heteroatoms. The average Bonchev–Trinajstić information content (AvgIpc) is 3.40. The minimum atomic E-state index is -0.540. The Labute approximate surface area is 462 Å². The second kappa shape index (κ2) is 65.1. The fourth-order valence-corrected chi connectivity index (χ4v) is 9.98. The van der Waals surface area contributed by atoms with Crippen LogP contribution in [0.15, 0.2) is 48.6 Å². The number of unbranched alkanes of at least 4 members (excludes halogenated alkanes) is 43. The van der Waals surface area contributed by atoms with Crippen molar-refractivity contribution in [3.05, 3.63) is 48.6 Å². The van der Waals surface area contributed by atoms with Crippen molar-refractivity contribution in [2.75, 3.05) is 19.8 Å². The van der Waals surface area contributed by atoms with Gasteiger partial charge in [0, 0.05) is 19.4 Å². The van der Waals surface area contributed by atoms with Gasteiger partial charge in [0.25, 0.3) is 0 Å². The number of carbonyl (C=O) groups excluding carboxylic acids is 2. The van der Waals surface area contributed by atoms with E-state index in [9.17, 15) is 9.59 Å². The van der Waals surface area contributed by atoms with Gasteiger partial charge in [0.2, 0.25) is 0 Å². The summed E-state index contributed by atoms with van der Waals surface area (Å²) < 4.78 is 17.6. The zero-order valence-corrected chi connectivity index (χ0v) is 50.1. The van der Waals surface area contributed by atoms with Crippen molar-refractivity contribution >= 4 is 11.9 Å². The van der Waals surface area contributed by atoms with E-state index < -0.39 is 6.10 Å². The molecule has 0 aliphatic rings. The maximum atomic E-state index is 12.9. The van der Waals surface area contributed by atoms with Crippen LogP contribution in [-0.2, 0) is 23.8 Å². The molecule has 1 atom stereocenters. The summed E-state index contributed by atoms with van der Waals surface area (Å²) in [5.74, 6) is -0.388. The first-order chi connectivity index (χ1) is 36.6. The zero-order chi connectivity index (χ0) is 53.4. The van der Waals surface area contributed by atoms with E-state index in [1.807, 2.05) is 0 Å². The van der Waals surface area contributed by atoms with Crippen LogP contribution in [0.2, 0.25) is 0 Å². The summed E-state index contributed by atoms with van der Waals surface area (Å²) >= 11 is 0. The minimum absolute atomic E-state index is 0.0837. The molecule has 0 aromatic carbocycles. The average molecular weight is 1040 g/mol. The lowest BCUT2D eigenvalue weighted by Crippen LogP contribution is -2.30. The molecule has 74 heavy (non-hydrogen) atoms. The van der Waals surface area contributed by atoms with E-state index in [0.717, 1.165) is 70.6 Å². The number of ether oxygens (including phenoxy) is 3. The van der Waals surface area contributed by atoms with E-state index >= 15 is 0 Å². The second-order valence-corrected chi connectivity index (χ2v) is 22.4. The molecular formula is C69H128O5. The van der Waals surface area contributed by atoms with E-state index in [0.29, 0.717) is 19.4 Å². The summed E-state index contributed by atoms with van der Waals surface area (Å²) in [6.45, 7) is 7.79. The van der Waals surface area contributed by atoms with Crippen LogP contribution in [0.25, 0.3) is 0 Å². The van der Waals surface area contributed by atoms with Gasteiger partial charge in [-0.25, -0.2) is 0 Å². The molecule has 5 nitrogen and oxygen atoms in total. The lowest BCUT2D eigenvalue weighted by Gasteiger charge is -2.18. The summed E-state index contributed by atoms with van der Waals surface area (Å²) in [7, 11) is 0. The Hall–Kier alpha value is -2.14. The highest BCUT2D eigenvalue weighted by atomic mass is 16.6. The van der Waals surface area contributed by atoms with Crippen molar-refractivity contribution in [2.45, 2.75) is 361 Å². The predicted molar refractivity (Wildman–Crippen MR) is 325 cm³/mol. The maximum Gasteiger partial charge on any atom is 0.306 e. The fourth-order valence-electron chi connectivity index (χ4n) is 9.98. The molecule has 0 bridgehead atoms. The number of esters is 2. The Balaban J connectivity index is 4.25. The summed E-state index contributed by atoms with van der Waals surface area (Å²) in [5.41, 5.74) is 0. The molecule has 434 valence electrons. The van der Waals surface area contributed by atoms with Crippen LogP contribution in [0.3, 0.4) is 0 Å². The monoisotopic (exact) mass is 1040 g/mol. The van der Waals surface area contributed by atoms with Gasteiger partial charge in [-0.3, -0.25) is 9.59 Å². The first kappa shape index (κ1) is 71.9. The van der Waals surface area contributed by atoms with Crippen molar-refractivity contribution in [3.8, 4) is 0 Å². The van der Waals surface area contributed by atoms with Crippen molar-refractivity contribution in [3.63, 3.8) is 0 Å². The van der Waals surface area contributed by atoms with Gasteiger partial charge in [0.15, 0.2) is 6.10 Å². The standard InChI is InChI=1S/C69H128O5/c1-4-7-10-13-16-19-22-25-28-31-34-37-40-43-46-49-52-55-58-61-64-72-65-67(74-69(71)63-60-57-54-51-48-45-42-39-36-33-30-27-24-21-18-15-12-9-6-3)66-73-68(70)62-59-56-53-50-47-44-41-38-35-32-29-26-23-20-17-14-11-8-5-2/h8,11,17,20,26,29,35,38,67H,4-7,9-10,12-16,18-19,21-25,27-28,30-34,36-37,39-66H2,1-3H3/b11-8-,20-17-,29-26-,38-35-. The fraction of sp³-hybridized carbons (Fsp3) is 0.855. The van der Waals surface area contributed by atoms with E-state index in [-0.39, 0.29) is 25.2 Å². The largest absolute Gasteiger partial charge is 0.462 e. The Kier molecular flexibility index (Phi) is 63.3. The Bertz CT molecular complexity index is 1220. The van der Waals surface area contributed by atoms with Gasteiger partial charge in [0.1, 0.15) is 6.61 Å². The lowest BCUT2D eigenvalue weighted by molar-refractivity contribution is -0.163. The maximum absolute atomic E-state index is 12.9. The zero-order valence-electron chi connectivity index (χ0n) is 50.1. The highest BCUT2D eigenvalue weighted by Crippen LogP contribution is 2.18. The van der Waals surface area contributed by atoms with E-state index in [4.69, 9.17) is 14.2 Å². The highest BCUT2D eigenvalue weighted by Gasteiger charge is 2.18. The Morgan fingerprint density at radius 3 is 0.973 bits per heavy atom. The van der Waals surface area contributed by atoms with Gasteiger partial charge in [-0.15, -0.1) is 0 Å². The number of carbonyl (C=O) groups is 2. The molecule has 1 unspecified atom stereocenters. The van der Waals surface area contributed by atoms with Crippen molar-refractivity contribution < 1.29 is 23.8 Å². The first-order valence-electron chi connectivity index (χ1n) is 33.2. The SMILES string of the molecule is CC/C=C\C/C=C\C/C=C\C/C=C\CCCCCCCCC(=O)OCC(COCCCCCCCCCCCCCCCCCCCCCC)OC(=O)CCCCCCCCCCCCCCCCCCCCC. The molecule has 0 radical (unpaired) electrons. The third-order valence-corrected chi connectivity index (χ3v) is 14.9. The van der Waals surface area contributed by atoms with Crippen LogP contribution in [-0.4, -0.2) is 37.9 Å². The normalized spacial score (nSPS) is 12.4. The van der Waals surface area contributed by atoms with Crippen LogP contribution >= 0.6 is 0 Å². The van der Waals surface area contributed by atoms with E-state index in [1.54, 1.807) is 0 Å². The molecule has 0 rings (SSSR count). The van der Waals surface area contributed by atoms with Crippen molar-refractivity contribution in [1.82, 2.24) is 0 Å². The lowest BCUT2D eigenvalue weighted by atomic mass is 10.0. The molecule has 0 aliphatic heterocycles. The molecule has 0 heterocycles. The molecule has 0 spiro atoms. The van der Waals surface area contributed by atoms with Gasteiger partial charge < -0.3 is 14.2 Å². The van der Waals surface area contributed by atoms with Gasteiger partial charge in [0.05, 0.1) is 6.61 Å². The Morgan fingerprint density at radius 2 is 0.608 bits per heavy atom. The van der Waals surface area contributed by atoms with Crippen molar-refractivity contribution in [1.29, 1.82) is 0 Å². The van der Waals surface area contributed by atoms with Gasteiger partial charge in [-0.1, -0.05) is 333 Å². The van der Waals surface area contributed by atoms with Gasteiger partial charge >= 0.3 is 11.9 Å². The van der Waals surface area contributed by atoms with Crippen molar-refractivity contribution in [2.24, 2.45) is 0 Å². The van der Waals surface area contributed by atoms with E-state index in [1.165, 1.54) is 250 Å². The summed E-state index contributed by atoms with van der Waals surface area (Å²) in [6, 6.07) is 0. The minimum Gasteiger partial charge on any atom is -0.462 e. The third-order valence-electron chi connectivity index (χ3n) is 14.9. The molecule has 0 fully saturated rings. The van der Waals surface area contributed by atoms with Gasteiger partial charge in [-0.2, -0.15) is 0 Å². The van der Waals surface area contributed by atoms with Crippen LogP contribution in [0.1, 0.15) is 355 Å². The quantitative estimate of drug-likeness (QED) is 0.0345. The third kappa shape index (κ3) is 62.4. The van der Waals surface area contributed by atoms with Crippen LogP contribution in [0.5, 0.6) is 0 Å². The molecule has 0 aliphatic carbocycles. The first-order valence-corrected chi connectivity index (χ1v) is 33.2. The van der Waals surface area contributed by atoms with Crippen LogP contribution in [0, 0.1) is 0 Å². The summed E-state index contributed by atoms with van der Waals surface area (Å²) in [5, 5.41) is 0. The molecule has 0 aromatic heterocycles. The number of hydrogen-bond donors (Lipinski definition) is 0. The highest BCUT2D eigenvalue weighted by molar-refractivity contribution is 5.70. The number of rotatable bonds is 62. The molecule has 0 aromatic rings. The van der Waals surface area contributed by atoms with E-state index in [2.05, 4.69) is 69.4 Å². The molecule has 0 saturated heterocycles.